The van der Waals surface area contributed by atoms with Crippen LogP contribution >= 0.6 is 22.7 Å². The Morgan fingerprint density at radius 3 is 3.00 bits per heavy atom. The Hall–Kier alpha value is -1.46. The minimum atomic E-state index is 0.363. The topological polar surface area (TPSA) is 37.8 Å². The molecule has 3 nitrogen and oxygen atoms in total. The second-order valence-corrected chi connectivity index (χ2v) is 6.12. The number of fused-ring (bicyclic) bond motifs is 1. The van der Waals surface area contributed by atoms with Gasteiger partial charge in [0.1, 0.15) is 17.0 Å². The molecule has 18 heavy (non-hydrogen) atoms. The third-order valence-electron chi connectivity index (χ3n) is 2.73. The first kappa shape index (κ1) is 11.6. The van der Waals surface area contributed by atoms with Gasteiger partial charge in [0.2, 0.25) is 0 Å². The van der Waals surface area contributed by atoms with Crippen LogP contribution in [0.5, 0.6) is 0 Å². The number of rotatable bonds is 4. The summed E-state index contributed by atoms with van der Waals surface area (Å²) in [5.74, 6) is 0.935. The summed E-state index contributed by atoms with van der Waals surface area (Å²) < 4.78 is 0. The molecule has 0 unspecified atom stereocenters. The molecule has 3 heterocycles. The van der Waals surface area contributed by atoms with Gasteiger partial charge in [-0.1, -0.05) is 6.07 Å². The van der Waals surface area contributed by atoms with Gasteiger partial charge in [0.05, 0.1) is 5.39 Å². The monoisotopic (exact) mass is 275 g/mol. The summed E-state index contributed by atoms with van der Waals surface area (Å²) in [6, 6.07) is 6.69. The maximum Gasteiger partial charge on any atom is 0.138 e. The van der Waals surface area contributed by atoms with Gasteiger partial charge in [0.15, 0.2) is 0 Å². The van der Waals surface area contributed by atoms with Gasteiger partial charge < -0.3 is 5.32 Å². The van der Waals surface area contributed by atoms with E-state index in [2.05, 4.69) is 51.2 Å². The van der Waals surface area contributed by atoms with Crippen LogP contribution in [0, 0.1) is 0 Å². The highest BCUT2D eigenvalue weighted by Gasteiger charge is 2.09. The lowest BCUT2D eigenvalue weighted by Crippen LogP contribution is -2.18. The average molecular weight is 275 g/mol. The highest BCUT2D eigenvalue weighted by atomic mass is 32.1. The lowest BCUT2D eigenvalue weighted by atomic mass is 10.2. The van der Waals surface area contributed by atoms with Gasteiger partial charge in [-0.2, -0.15) is 0 Å². The Kier molecular flexibility index (Phi) is 3.25. The van der Waals surface area contributed by atoms with Crippen LogP contribution in [0.1, 0.15) is 11.8 Å². The SMILES string of the molecule is C[C@H](Cc1cccs1)Nc1ncnc2sccc12. The minimum Gasteiger partial charge on any atom is -0.367 e. The first-order valence-electron chi connectivity index (χ1n) is 5.80. The van der Waals surface area contributed by atoms with E-state index in [1.807, 2.05) is 0 Å². The Balaban J connectivity index is 1.77. The van der Waals surface area contributed by atoms with E-state index in [1.165, 1.54) is 4.88 Å². The molecule has 0 saturated carbocycles. The number of thiophene rings is 2. The van der Waals surface area contributed by atoms with E-state index in [1.54, 1.807) is 29.0 Å². The van der Waals surface area contributed by atoms with Gasteiger partial charge in [-0.3, -0.25) is 0 Å². The molecule has 0 fully saturated rings. The Morgan fingerprint density at radius 2 is 2.17 bits per heavy atom. The smallest absolute Gasteiger partial charge is 0.138 e. The van der Waals surface area contributed by atoms with E-state index in [9.17, 15) is 0 Å². The Bertz CT molecular complexity index is 631. The predicted molar refractivity (Wildman–Crippen MR) is 78.5 cm³/mol. The number of anilines is 1. The van der Waals surface area contributed by atoms with Gasteiger partial charge in [-0.05, 0) is 29.8 Å². The van der Waals surface area contributed by atoms with E-state index < -0.39 is 0 Å². The van der Waals surface area contributed by atoms with Crippen molar-refractivity contribution in [3.8, 4) is 0 Å². The molecule has 0 aliphatic carbocycles. The third kappa shape index (κ3) is 2.37. The molecule has 0 amide bonds. The van der Waals surface area contributed by atoms with E-state index in [4.69, 9.17) is 0 Å². The lowest BCUT2D eigenvalue weighted by molar-refractivity contribution is 0.795. The zero-order chi connectivity index (χ0) is 12.4. The molecule has 3 rings (SSSR count). The van der Waals surface area contributed by atoms with Gasteiger partial charge in [-0.15, -0.1) is 22.7 Å². The zero-order valence-corrected chi connectivity index (χ0v) is 11.6. The molecule has 0 radical (unpaired) electrons. The molecular formula is C13H13N3S2. The highest BCUT2D eigenvalue weighted by molar-refractivity contribution is 7.16. The molecule has 0 bridgehead atoms. The molecule has 0 aliphatic rings. The van der Waals surface area contributed by atoms with Gasteiger partial charge in [-0.25, -0.2) is 9.97 Å². The van der Waals surface area contributed by atoms with Crippen molar-refractivity contribution in [1.29, 1.82) is 0 Å². The number of aromatic nitrogens is 2. The molecule has 0 saturated heterocycles. The molecule has 0 spiro atoms. The molecule has 1 atom stereocenters. The van der Waals surface area contributed by atoms with E-state index in [-0.39, 0.29) is 0 Å². The van der Waals surface area contributed by atoms with Crippen molar-refractivity contribution in [2.45, 2.75) is 19.4 Å². The molecule has 5 heteroatoms. The van der Waals surface area contributed by atoms with Crippen molar-refractivity contribution in [3.63, 3.8) is 0 Å². The third-order valence-corrected chi connectivity index (χ3v) is 4.45. The molecule has 0 aliphatic heterocycles. The van der Waals surface area contributed by atoms with Crippen molar-refractivity contribution in [1.82, 2.24) is 9.97 Å². The van der Waals surface area contributed by atoms with Crippen LogP contribution in [0.2, 0.25) is 0 Å². The Labute approximate surface area is 114 Å². The zero-order valence-electron chi connectivity index (χ0n) is 9.96. The summed E-state index contributed by atoms with van der Waals surface area (Å²) in [5, 5.41) is 8.75. The molecule has 3 aromatic rings. The van der Waals surface area contributed by atoms with Crippen LogP contribution in [-0.2, 0) is 6.42 Å². The van der Waals surface area contributed by atoms with E-state index in [0.717, 1.165) is 22.5 Å². The van der Waals surface area contributed by atoms with Crippen LogP contribution in [0.25, 0.3) is 10.2 Å². The van der Waals surface area contributed by atoms with Crippen molar-refractivity contribution < 1.29 is 0 Å². The fraction of sp³-hybridized carbons (Fsp3) is 0.231. The van der Waals surface area contributed by atoms with Crippen LogP contribution in [0.4, 0.5) is 5.82 Å². The molecule has 92 valence electrons. The summed E-state index contributed by atoms with van der Waals surface area (Å²) in [7, 11) is 0. The average Bonchev–Trinajstić information content (AvgIpc) is 2.99. The number of nitrogens with one attached hydrogen (secondary N) is 1. The normalized spacial score (nSPS) is 12.7. The summed E-state index contributed by atoms with van der Waals surface area (Å²) in [6.45, 7) is 2.18. The minimum absolute atomic E-state index is 0.363. The van der Waals surface area contributed by atoms with Gasteiger partial charge in [0.25, 0.3) is 0 Å². The maximum atomic E-state index is 4.34. The van der Waals surface area contributed by atoms with Gasteiger partial charge in [0, 0.05) is 17.3 Å². The van der Waals surface area contributed by atoms with Crippen LogP contribution in [-0.4, -0.2) is 16.0 Å². The fourth-order valence-electron chi connectivity index (χ4n) is 1.92. The first-order chi connectivity index (χ1) is 8.83. The number of nitrogens with zero attached hydrogens (tertiary/aromatic N) is 2. The Morgan fingerprint density at radius 1 is 1.22 bits per heavy atom. The summed E-state index contributed by atoms with van der Waals surface area (Å²) in [4.78, 5) is 11.0. The predicted octanol–water partition coefficient (Wildman–Crippen LogP) is 3.80. The fourth-order valence-corrected chi connectivity index (χ4v) is 3.49. The number of hydrogen-bond donors (Lipinski definition) is 1. The summed E-state index contributed by atoms with van der Waals surface area (Å²) in [5.41, 5.74) is 0. The quantitative estimate of drug-likeness (QED) is 0.787. The van der Waals surface area contributed by atoms with Crippen LogP contribution in [0.3, 0.4) is 0 Å². The highest BCUT2D eigenvalue weighted by Crippen LogP contribution is 2.24. The molecule has 1 N–H and O–H groups in total. The number of hydrogen-bond acceptors (Lipinski definition) is 5. The van der Waals surface area contributed by atoms with E-state index in [0.29, 0.717) is 6.04 Å². The summed E-state index contributed by atoms with van der Waals surface area (Å²) >= 11 is 3.44. The largest absolute Gasteiger partial charge is 0.367 e. The first-order valence-corrected chi connectivity index (χ1v) is 7.56. The summed E-state index contributed by atoms with van der Waals surface area (Å²) in [6.07, 6.45) is 2.65. The van der Waals surface area contributed by atoms with E-state index >= 15 is 0 Å². The molecular weight excluding hydrogens is 262 g/mol. The van der Waals surface area contributed by atoms with Gasteiger partial charge >= 0.3 is 0 Å². The van der Waals surface area contributed by atoms with Crippen LogP contribution < -0.4 is 5.32 Å². The van der Waals surface area contributed by atoms with Crippen LogP contribution in [0.15, 0.2) is 35.3 Å². The second kappa shape index (κ2) is 5.04. The maximum absolute atomic E-state index is 4.34. The molecule has 0 aromatic carbocycles. The van der Waals surface area contributed by atoms with Crippen molar-refractivity contribution in [3.05, 3.63) is 40.2 Å². The van der Waals surface area contributed by atoms with Crippen molar-refractivity contribution in [2.75, 3.05) is 5.32 Å². The lowest BCUT2D eigenvalue weighted by Gasteiger charge is -2.13. The molecule has 3 aromatic heterocycles. The van der Waals surface area contributed by atoms with Crippen molar-refractivity contribution in [2.24, 2.45) is 0 Å². The standard InChI is InChI=1S/C13H13N3S2/c1-9(7-10-3-2-5-17-10)16-12-11-4-6-18-13(11)15-8-14-12/h2-6,8-9H,7H2,1H3,(H,14,15,16)/t9-/m1/s1. The second-order valence-electron chi connectivity index (χ2n) is 4.19. The van der Waals surface area contributed by atoms with Crippen molar-refractivity contribution >= 4 is 38.7 Å².